The quantitative estimate of drug-likeness (QED) is 0.791. The lowest BCUT2D eigenvalue weighted by molar-refractivity contribution is 0.281. The number of hydrogen-bond donors (Lipinski definition) is 1. The molecule has 1 rings (SSSR count). The highest BCUT2D eigenvalue weighted by molar-refractivity contribution is 5.42. The molecular formula is C14H24N2O. The fourth-order valence-corrected chi connectivity index (χ4v) is 1.98. The van der Waals surface area contributed by atoms with Crippen LogP contribution in [0.2, 0.25) is 0 Å². The first kappa shape index (κ1) is 14.0. The maximum absolute atomic E-state index is 9.29. The third-order valence-corrected chi connectivity index (χ3v) is 2.81. The Morgan fingerprint density at radius 1 is 1.18 bits per heavy atom. The molecule has 0 aromatic carbocycles. The number of aromatic nitrogens is 1. The monoisotopic (exact) mass is 236 g/mol. The third-order valence-electron chi connectivity index (χ3n) is 2.81. The summed E-state index contributed by atoms with van der Waals surface area (Å²) in [6.07, 6.45) is 3.17. The van der Waals surface area contributed by atoms with Crippen LogP contribution < -0.4 is 4.90 Å². The summed E-state index contributed by atoms with van der Waals surface area (Å²) >= 11 is 0. The van der Waals surface area contributed by atoms with E-state index in [1.165, 1.54) is 0 Å². The summed E-state index contributed by atoms with van der Waals surface area (Å²) in [5.74, 6) is 1.00. The second-order valence-corrected chi connectivity index (χ2v) is 4.31. The maximum atomic E-state index is 9.29. The van der Waals surface area contributed by atoms with Crippen molar-refractivity contribution in [3.8, 4) is 0 Å². The van der Waals surface area contributed by atoms with Crippen molar-refractivity contribution in [2.24, 2.45) is 0 Å². The van der Waals surface area contributed by atoms with Gasteiger partial charge in [-0.3, -0.25) is 0 Å². The zero-order valence-corrected chi connectivity index (χ0v) is 11.2. The lowest BCUT2D eigenvalue weighted by Gasteiger charge is -2.22. The van der Waals surface area contributed by atoms with Gasteiger partial charge in [0.15, 0.2) is 0 Å². The molecule has 0 atom stereocenters. The van der Waals surface area contributed by atoms with Gasteiger partial charge in [-0.15, -0.1) is 0 Å². The predicted molar refractivity (Wildman–Crippen MR) is 72.3 cm³/mol. The molecule has 0 aliphatic carbocycles. The molecular weight excluding hydrogens is 212 g/mol. The van der Waals surface area contributed by atoms with Crippen molar-refractivity contribution in [2.45, 2.75) is 46.6 Å². The smallest absolute Gasteiger partial charge is 0.129 e. The van der Waals surface area contributed by atoms with Gasteiger partial charge in [-0.1, -0.05) is 20.3 Å². The lowest BCUT2D eigenvalue weighted by atomic mass is 10.1. The number of aliphatic hydroxyl groups excluding tert-OH is 1. The molecule has 0 saturated heterocycles. The van der Waals surface area contributed by atoms with Crippen molar-refractivity contribution in [1.82, 2.24) is 4.98 Å². The third kappa shape index (κ3) is 4.00. The first-order valence-electron chi connectivity index (χ1n) is 6.60. The van der Waals surface area contributed by atoms with Gasteiger partial charge in [0.25, 0.3) is 0 Å². The molecule has 3 nitrogen and oxygen atoms in total. The number of aryl methyl sites for hydroxylation is 1. The van der Waals surface area contributed by atoms with Crippen LogP contribution in [0.4, 0.5) is 5.82 Å². The van der Waals surface area contributed by atoms with E-state index in [0.717, 1.165) is 49.4 Å². The zero-order valence-electron chi connectivity index (χ0n) is 11.2. The Morgan fingerprint density at radius 2 is 1.94 bits per heavy atom. The minimum absolute atomic E-state index is 0.0932. The predicted octanol–water partition coefficient (Wildman–Crippen LogP) is 2.76. The van der Waals surface area contributed by atoms with E-state index in [2.05, 4.69) is 30.7 Å². The number of hydrogen-bond acceptors (Lipinski definition) is 3. The molecule has 0 aliphatic rings. The molecule has 1 heterocycles. The van der Waals surface area contributed by atoms with Crippen molar-refractivity contribution in [3.05, 3.63) is 23.4 Å². The summed E-state index contributed by atoms with van der Waals surface area (Å²) in [7, 11) is 0. The van der Waals surface area contributed by atoms with Gasteiger partial charge in [0.05, 0.1) is 6.61 Å². The number of anilines is 1. The van der Waals surface area contributed by atoms with Gasteiger partial charge in [0.1, 0.15) is 5.82 Å². The van der Waals surface area contributed by atoms with Gasteiger partial charge >= 0.3 is 0 Å². The lowest BCUT2D eigenvalue weighted by Crippen LogP contribution is -2.25. The molecule has 0 fully saturated rings. The highest BCUT2D eigenvalue weighted by Crippen LogP contribution is 2.16. The summed E-state index contributed by atoms with van der Waals surface area (Å²) in [5, 5.41) is 9.29. The van der Waals surface area contributed by atoms with Crippen LogP contribution in [0.5, 0.6) is 0 Å². The van der Waals surface area contributed by atoms with Crippen LogP contribution in [0.15, 0.2) is 12.1 Å². The minimum Gasteiger partial charge on any atom is -0.392 e. The van der Waals surface area contributed by atoms with Crippen molar-refractivity contribution >= 4 is 5.82 Å². The van der Waals surface area contributed by atoms with E-state index in [1.54, 1.807) is 0 Å². The Bertz CT molecular complexity index is 339. The molecule has 1 N–H and O–H groups in total. The highest BCUT2D eigenvalue weighted by atomic mass is 16.3. The van der Waals surface area contributed by atoms with Crippen LogP contribution in [0.1, 0.15) is 44.9 Å². The fraction of sp³-hybridized carbons (Fsp3) is 0.643. The first-order chi connectivity index (χ1) is 8.24. The van der Waals surface area contributed by atoms with Crippen LogP contribution >= 0.6 is 0 Å². The van der Waals surface area contributed by atoms with Crippen molar-refractivity contribution in [1.29, 1.82) is 0 Å². The van der Waals surface area contributed by atoms with Crippen LogP contribution in [0, 0.1) is 0 Å². The van der Waals surface area contributed by atoms with E-state index in [-0.39, 0.29) is 6.61 Å². The number of aliphatic hydroxyl groups is 1. The number of pyridine rings is 1. The standard InChI is InChI=1S/C14H24N2O/c1-4-7-13-9-12(11-17)10-14(15-13)16(6-3)8-5-2/h9-10,17H,4-8,11H2,1-3H3. The normalized spacial score (nSPS) is 10.6. The number of nitrogens with zero attached hydrogens (tertiary/aromatic N) is 2. The van der Waals surface area contributed by atoms with E-state index in [9.17, 15) is 5.11 Å². The Labute approximate surface area is 104 Å². The molecule has 0 bridgehead atoms. The molecule has 1 aromatic heterocycles. The van der Waals surface area contributed by atoms with Crippen LogP contribution in [-0.2, 0) is 13.0 Å². The van der Waals surface area contributed by atoms with Crippen molar-refractivity contribution in [3.63, 3.8) is 0 Å². The van der Waals surface area contributed by atoms with Crippen molar-refractivity contribution < 1.29 is 5.11 Å². The average Bonchev–Trinajstić information content (AvgIpc) is 2.35. The molecule has 3 heteroatoms. The van der Waals surface area contributed by atoms with E-state index in [0.29, 0.717) is 0 Å². The Morgan fingerprint density at radius 3 is 2.47 bits per heavy atom. The number of rotatable bonds is 7. The van der Waals surface area contributed by atoms with Gasteiger partial charge in [0.2, 0.25) is 0 Å². The topological polar surface area (TPSA) is 36.4 Å². The van der Waals surface area contributed by atoms with Gasteiger partial charge in [-0.25, -0.2) is 4.98 Å². The van der Waals surface area contributed by atoms with Gasteiger partial charge in [-0.2, -0.15) is 0 Å². The fourth-order valence-electron chi connectivity index (χ4n) is 1.98. The van der Waals surface area contributed by atoms with Crippen LogP contribution in [0.25, 0.3) is 0 Å². The van der Waals surface area contributed by atoms with Crippen molar-refractivity contribution in [2.75, 3.05) is 18.0 Å². The zero-order chi connectivity index (χ0) is 12.7. The summed E-state index contributed by atoms with van der Waals surface area (Å²) in [5.41, 5.74) is 2.05. The van der Waals surface area contributed by atoms with Crippen LogP contribution in [-0.4, -0.2) is 23.2 Å². The van der Waals surface area contributed by atoms with E-state index in [1.807, 2.05) is 12.1 Å². The second kappa shape index (κ2) is 7.28. The summed E-state index contributed by atoms with van der Waals surface area (Å²) in [4.78, 5) is 6.94. The Kier molecular flexibility index (Phi) is 5.98. The molecule has 0 amide bonds. The average molecular weight is 236 g/mol. The summed E-state index contributed by atoms with van der Waals surface area (Å²) in [6, 6.07) is 4.01. The molecule has 0 radical (unpaired) electrons. The highest BCUT2D eigenvalue weighted by Gasteiger charge is 2.08. The Hall–Kier alpha value is -1.09. The SMILES string of the molecule is CCCc1cc(CO)cc(N(CC)CCC)n1. The molecule has 0 spiro atoms. The molecule has 1 aromatic rings. The van der Waals surface area contributed by atoms with Gasteiger partial charge < -0.3 is 10.0 Å². The summed E-state index contributed by atoms with van der Waals surface area (Å²) < 4.78 is 0. The Balaban J connectivity index is 2.99. The van der Waals surface area contributed by atoms with Gasteiger partial charge in [0, 0.05) is 18.8 Å². The molecule has 96 valence electrons. The summed E-state index contributed by atoms with van der Waals surface area (Å²) in [6.45, 7) is 8.53. The molecule has 0 aliphatic heterocycles. The largest absolute Gasteiger partial charge is 0.392 e. The molecule has 17 heavy (non-hydrogen) atoms. The van der Waals surface area contributed by atoms with E-state index >= 15 is 0 Å². The first-order valence-corrected chi connectivity index (χ1v) is 6.60. The van der Waals surface area contributed by atoms with Crippen LogP contribution in [0.3, 0.4) is 0 Å². The van der Waals surface area contributed by atoms with E-state index in [4.69, 9.17) is 0 Å². The van der Waals surface area contributed by atoms with Gasteiger partial charge in [-0.05, 0) is 37.5 Å². The minimum atomic E-state index is 0.0932. The molecule has 0 unspecified atom stereocenters. The van der Waals surface area contributed by atoms with E-state index < -0.39 is 0 Å². The molecule has 0 saturated carbocycles. The maximum Gasteiger partial charge on any atom is 0.129 e. The second-order valence-electron chi connectivity index (χ2n) is 4.31.